The maximum atomic E-state index is 8.72. The van der Waals surface area contributed by atoms with Gasteiger partial charge in [0, 0.05) is 12.0 Å². The highest BCUT2D eigenvalue weighted by Crippen LogP contribution is 2.22. The first-order valence-corrected chi connectivity index (χ1v) is 4.37. The molecule has 0 bridgehead atoms. The number of rotatable bonds is 1. The molecule has 0 N–H and O–H groups in total. The second-order valence-electron chi connectivity index (χ2n) is 3.39. The Kier molecular flexibility index (Phi) is 2.90. The summed E-state index contributed by atoms with van der Waals surface area (Å²) in [5.74, 6) is 0.316. The van der Waals surface area contributed by atoms with Gasteiger partial charge in [-0.15, -0.1) is 0 Å². The van der Waals surface area contributed by atoms with Gasteiger partial charge in [0.15, 0.2) is 0 Å². The average Bonchev–Trinajstić information content (AvgIpc) is 2.05. The smallest absolute Gasteiger partial charge is 0.0656 e. The summed E-state index contributed by atoms with van der Waals surface area (Å²) in [6.07, 6.45) is 3.31. The lowest BCUT2D eigenvalue weighted by atomic mass is 9.91. The fourth-order valence-corrected chi connectivity index (χ4v) is 1.76. The van der Waals surface area contributed by atoms with Crippen LogP contribution in [-0.4, -0.2) is 24.5 Å². The lowest BCUT2D eigenvalue weighted by molar-refractivity contribution is 0.158. The van der Waals surface area contributed by atoms with E-state index in [4.69, 9.17) is 5.26 Å². The van der Waals surface area contributed by atoms with Gasteiger partial charge in [-0.2, -0.15) is 5.26 Å². The molecule has 0 aliphatic carbocycles. The highest BCUT2D eigenvalue weighted by Gasteiger charge is 2.23. The van der Waals surface area contributed by atoms with E-state index in [9.17, 15) is 0 Å². The molecule has 1 rings (SSSR count). The SMILES string of the molecule is CCC1CC(C#N)CCN1C. The quantitative estimate of drug-likeness (QED) is 0.571. The number of nitriles is 1. The minimum Gasteiger partial charge on any atom is -0.303 e. The number of nitrogens with zero attached hydrogens (tertiary/aromatic N) is 2. The van der Waals surface area contributed by atoms with Gasteiger partial charge in [0.2, 0.25) is 0 Å². The van der Waals surface area contributed by atoms with Crippen molar-refractivity contribution in [2.24, 2.45) is 5.92 Å². The number of likely N-dealkylation sites (tertiary alicyclic amines) is 1. The van der Waals surface area contributed by atoms with E-state index in [2.05, 4.69) is 24.9 Å². The van der Waals surface area contributed by atoms with E-state index >= 15 is 0 Å². The molecule has 62 valence electrons. The lowest BCUT2D eigenvalue weighted by Gasteiger charge is -2.33. The van der Waals surface area contributed by atoms with Crippen molar-refractivity contribution in [3.8, 4) is 6.07 Å². The standard InChI is InChI=1S/C9H16N2/c1-3-9-6-8(7-10)4-5-11(9)2/h8-9H,3-6H2,1-2H3. The fraction of sp³-hybridized carbons (Fsp3) is 0.889. The highest BCUT2D eigenvalue weighted by molar-refractivity contribution is 4.90. The first-order chi connectivity index (χ1) is 5.27. The van der Waals surface area contributed by atoms with Crippen molar-refractivity contribution >= 4 is 0 Å². The summed E-state index contributed by atoms with van der Waals surface area (Å²) in [5, 5.41) is 8.72. The molecule has 0 aromatic carbocycles. The highest BCUT2D eigenvalue weighted by atomic mass is 15.1. The number of hydrogen-bond donors (Lipinski definition) is 0. The second kappa shape index (κ2) is 3.73. The third kappa shape index (κ3) is 1.94. The van der Waals surface area contributed by atoms with E-state index in [0.717, 1.165) is 19.4 Å². The van der Waals surface area contributed by atoms with Crippen LogP contribution in [0.3, 0.4) is 0 Å². The molecule has 0 spiro atoms. The summed E-state index contributed by atoms with van der Waals surface area (Å²) in [6.45, 7) is 3.29. The molecule has 0 aromatic heterocycles. The van der Waals surface area contributed by atoms with Crippen LogP contribution >= 0.6 is 0 Å². The molecule has 1 aliphatic rings. The van der Waals surface area contributed by atoms with E-state index in [-0.39, 0.29) is 0 Å². The van der Waals surface area contributed by atoms with E-state index in [0.29, 0.717) is 12.0 Å². The Morgan fingerprint density at radius 2 is 2.36 bits per heavy atom. The summed E-state index contributed by atoms with van der Waals surface area (Å²) in [7, 11) is 2.15. The van der Waals surface area contributed by atoms with Crippen molar-refractivity contribution in [2.75, 3.05) is 13.6 Å². The molecule has 1 aliphatic heterocycles. The zero-order valence-corrected chi connectivity index (χ0v) is 7.38. The van der Waals surface area contributed by atoms with Crippen molar-refractivity contribution in [3.05, 3.63) is 0 Å². The third-order valence-electron chi connectivity index (χ3n) is 2.66. The summed E-state index contributed by atoms with van der Waals surface area (Å²) < 4.78 is 0. The molecular weight excluding hydrogens is 136 g/mol. The number of hydrogen-bond acceptors (Lipinski definition) is 2. The molecule has 11 heavy (non-hydrogen) atoms. The van der Waals surface area contributed by atoms with Crippen LogP contribution in [-0.2, 0) is 0 Å². The zero-order valence-electron chi connectivity index (χ0n) is 7.38. The molecule has 1 saturated heterocycles. The Balaban J connectivity index is 2.45. The van der Waals surface area contributed by atoms with Crippen molar-refractivity contribution in [1.29, 1.82) is 5.26 Å². The molecule has 2 heteroatoms. The first-order valence-electron chi connectivity index (χ1n) is 4.37. The van der Waals surface area contributed by atoms with Gasteiger partial charge in [-0.25, -0.2) is 0 Å². The lowest BCUT2D eigenvalue weighted by Crippen LogP contribution is -2.38. The molecule has 0 amide bonds. The van der Waals surface area contributed by atoms with Crippen LogP contribution in [0.1, 0.15) is 26.2 Å². The van der Waals surface area contributed by atoms with Crippen molar-refractivity contribution in [2.45, 2.75) is 32.2 Å². The zero-order chi connectivity index (χ0) is 8.27. The largest absolute Gasteiger partial charge is 0.303 e. The van der Waals surface area contributed by atoms with E-state index < -0.39 is 0 Å². The molecule has 2 unspecified atom stereocenters. The van der Waals surface area contributed by atoms with Gasteiger partial charge in [-0.05, 0) is 32.9 Å². The fourth-order valence-electron chi connectivity index (χ4n) is 1.76. The van der Waals surface area contributed by atoms with Gasteiger partial charge < -0.3 is 4.90 Å². The molecule has 2 nitrogen and oxygen atoms in total. The molecule has 1 heterocycles. The Morgan fingerprint density at radius 1 is 1.64 bits per heavy atom. The maximum absolute atomic E-state index is 8.72. The molecule has 2 atom stereocenters. The Hall–Kier alpha value is -0.550. The molecule has 0 radical (unpaired) electrons. The van der Waals surface area contributed by atoms with Crippen molar-refractivity contribution < 1.29 is 0 Å². The second-order valence-corrected chi connectivity index (χ2v) is 3.39. The normalized spacial score (nSPS) is 33.2. The molecular formula is C9H16N2. The van der Waals surface area contributed by atoms with Crippen LogP contribution in [0.25, 0.3) is 0 Å². The predicted octanol–water partition coefficient (Wildman–Crippen LogP) is 1.63. The van der Waals surface area contributed by atoms with Crippen LogP contribution in [0.5, 0.6) is 0 Å². The summed E-state index contributed by atoms with van der Waals surface area (Å²) in [4.78, 5) is 2.37. The van der Waals surface area contributed by atoms with Gasteiger partial charge in [0.25, 0.3) is 0 Å². The molecule has 1 fully saturated rings. The van der Waals surface area contributed by atoms with Crippen LogP contribution in [0, 0.1) is 17.2 Å². The Morgan fingerprint density at radius 3 is 2.91 bits per heavy atom. The van der Waals surface area contributed by atoms with Gasteiger partial charge in [-0.3, -0.25) is 0 Å². The van der Waals surface area contributed by atoms with Gasteiger partial charge in [-0.1, -0.05) is 6.92 Å². The number of piperidine rings is 1. The topological polar surface area (TPSA) is 27.0 Å². The first kappa shape index (κ1) is 8.55. The predicted molar refractivity (Wildman–Crippen MR) is 45.0 cm³/mol. The van der Waals surface area contributed by atoms with Crippen molar-refractivity contribution in [1.82, 2.24) is 4.90 Å². The van der Waals surface area contributed by atoms with Crippen molar-refractivity contribution in [3.63, 3.8) is 0 Å². The molecule has 0 saturated carbocycles. The average molecular weight is 152 g/mol. The van der Waals surface area contributed by atoms with Gasteiger partial charge in [0.1, 0.15) is 0 Å². The monoisotopic (exact) mass is 152 g/mol. The van der Waals surface area contributed by atoms with Gasteiger partial charge in [0.05, 0.1) is 6.07 Å². The van der Waals surface area contributed by atoms with Gasteiger partial charge >= 0.3 is 0 Å². The van der Waals surface area contributed by atoms with E-state index in [1.807, 2.05) is 0 Å². The van der Waals surface area contributed by atoms with Crippen LogP contribution < -0.4 is 0 Å². The summed E-state index contributed by atoms with van der Waals surface area (Å²) >= 11 is 0. The Labute approximate surface area is 68.8 Å². The van der Waals surface area contributed by atoms with Crippen LogP contribution in [0.4, 0.5) is 0 Å². The molecule has 0 aromatic rings. The Bertz CT molecular complexity index is 159. The van der Waals surface area contributed by atoms with Crippen LogP contribution in [0.2, 0.25) is 0 Å². The summed E-state index contributed by atoms with van der Waals surface area (Å²) in [5.41, 5.74) is 0. The maximum Gasteiger partial charge on any atom is 0.0656 e. The minimum absolute atomic E-state index is 0.316. The van der Waals surface area contributed by atoms with Crippen LogP contribution in [0.15, 0.2) is 0 Å². The van der Waals surface area contributed by atoms with E-state index in [1.165, 1.54) is 6.42 Å². The third-order valence-corrected chi connectivity index (χ3v) is 2.66. The summed E-state index contributed by atoms with van der Waals surface area (Å²) in [6, 6.07) is 3.01. The van der Waals surface area contributed by atoms with E-state index in [1.54, 1.807) is 0 Å². The minimum atomic E-state index is 0.316.